The lowest BCUT2D eigenvalue weighted by atomic mass is 9.82. The molecule has 4 nitrogen and oxygen atoms in total. The molecule has 1 N–H and O–H groups in total. The van der Waals surface area contributed by atoms with E-state index in [1.807, 2.05) is 0 Å². The molecule has 1 rings (SSSR count). The quantitative estimate of drug-likeness (QED) is 0.786. The maximum atomic E-state index is 11.9. The van der Waals surface area contributed by atoms with Gasteiger partial charge in [0.25, 0.3) is 0 Å². The Kier molecular flexibility index (Phi) is 4.97. The molecule has 0 aromatic heterocycles. The van der Waals surface area contributed by atoms with Crippen molar-refractivity contribution in [2.45, 2.75) is 52.5 Å². The molecule has 4 heteroatoms. The van der Waals surface area contributed by atoms with Gasteiger partial charge in [-0.25, -0.2) is 0 Å². The molecule has 1 atom stereocenters. The first-order valence-electron chi connectivity index (χ1n) is 6.43. The molecule has 1 saturated carbocycles. The van der Waals surface area contributed by atoms with E-state index in [0.717, 1.165) is 25.7 Å². The van der Waals surface area contributed by atoms with Crippen LogP contribution in [0, 0.1) is 17.8 Å². The second-order valence-electron chi connectivity index (χ2n) is 5.51. The summed E-state index contributed by atoms with van der Waals surface area (Å²) in [6.07, 6.45) is 3.83. The number of hydrogen-bond donors (Lipinski definition) is 1. The highest BCUT2D eigenvalue weighted by Crippen LogP contribution is 2.28. The Bertz CT molecular complexity index is 280. The van der Waals surface area contributed by atoms with Crippen LogP contribution >= 0.6 is 0 Å². The van der Waals surface area contributed by atoms with Crippen LogP contribution in [0.15, 0.2) is 0 Å². The monoisotopic (exact) mass is 240 g/mol. The van der Waals surface area contributed by atoms with E-state index in [1.54, 1.807) is 13.8 Å². The Labute approximate surface area is 103 Å². The van der Waals surface area contributed by atoms with Crippen molar-refractivity contribution >= 4 is 11.9 Å². The fourth-order valence-electron chi connectivity index (χ4n) is 2.29. The van der Waals surface area contributed by atoms with Gasteiger partial charge in [0, 0.05) is 5.92 Å². The molecule has 0 unspecified atom stereocenters. The molecule has 0 aromatic carbocycles. The van der Waals surface area contributed by atoms with Crippen molar-refractivity contribution in [3.05, 3.63) is 0 Å². The molecule has 0 heterocycles. The molecule has 1 aliphatic carbocycles. The Morgan fingerprint density at radius 3 is 2.12 bits per heavy atom. The third-order valence-electron chi connectivity index (χ3n) is 3.61. The fourth-order valence-corrected chi connectivity index (χ4v) is 2.29. The maximum Gasteiger partial charge on any atom is 0.223 e. The molecule has 17 heavy (non-hydrogen) atoms. The molecular weight excluding hydrogens is 218 g/mol. The van der Waals surface area contributed by atoms with Gasteiger partial charge in [-0.15, -0.1) is 0 Å². The van der Waals surface area contributed by atoms with Crippen LogP contribution in [0.25, 0.3) is 0 Å². The minimum absolute atomic E-state index is 0.0215. The van der Waals surface area contributed by atoms with E-state index in [-0.39, 0.29) is 17.7 Å². The Morgan fingerprint density at radius 2 is 1.71 bits per heavy atom. The van der Waals surface area contributed by atoms with Gasteiger partial charge in [-0.1, -0.05) is 20.8 Å². The average molecular weight is 240 g/mol. The second-order valence-corrected chi connectivity index (χ2v) is 5.51. The largest absolute Gasteiger partial charge is 0.548 e. The predicted molar refractivity (Wildman–Crippen MR) is 62.9 cm³/mol. The van der Waals surface area contributed by atoms with E-state index in [4.69, 9.17) is 0 Å². The zero-order valence-electron chi connectivity index (χ0n) is 10.9. The smallest absolute Gasteiger partial charge is 0.223 e. The van der Waals surface area contributed by atoms with Gasteiger partial charge in [-0.3, -0.25) is 4.79 Å². The van der Waals surface area contributed by atoms with Gasteiger partial charge in [0.05, 0.1) is 12.0 Å². The van der Waals surface area contributed by atoms with E-state index in [9.17, 15) is 14.7 Å². The minimum Gasteiger partial charge on any atom is -0.548 e. The summed E-state index contributed by atoms with van der Waals surface area (Å²) in [5.74, 6) is -0.809. The van der Waals surface area contributed by atoms with Gasteiger partial charge < -0.3 is 15.2 Å². The van der Waals surface area contributed by atoms with Crippen LogP contribution in [-0.4, -0.2) is 17.9 Å². The molecule has 0 saturated heterocycles. The highest BCUT2D eigenvalue weighted by Gasteiger charge is 2.27. The molecule has 0 radical (unpaired) electrons. The highest BCUT2D eigenvalue weighted by atomic mass is 16.4. The van der Waals surface area contributed by atoms with Gasteiger partial charge in [0.2, 0.25) is 5.91 Å². The van der Waals surface area contributed by atoms with Crippen molar-refractivity contribution < 1.29 is 14.7 Å². The SMILES string of the molecule is CC1CCC(C(=O)N[C@H](C(=O)[O-])C(C)C)CC1. The third kappa shape index (κ3) is 4.02. The lowest BCUT2D eigenvalue weighted by Gasteiger charge is -2.29. The minimum atomic E-state index is -1.20. The Morgan fingerprint density at radius 1 is 1.18 bits per heavy atom. The zero-order chi connectivity index (χ0) is 13.0. The first-order valence-corrected chi connectivity index (χ1v) is 6.43. The summed E-state index contributed by atoms with van der Waals surface area (Å²) in [5.41, 5.74) is 0. The molecule has 0 aromatic rings. The van der Waals surface area contributed by atoms with Crippen LogP contribution in [0.3, 0.4) is 0 Å². The van der Waals surface area contributed by atoms with Crippen molar-refractivity contribution in [2.24, 2.45) is 17.8 Å². The summed E-state index contributed by atoms with van der Waals surface area (Å²) in [6.45, 7) is 5.72. The van der Waals surface area contributed by atoms with Crippen molar-refractivity contribution in [1.29, 1.82) is 0 Å². The van der Waals surface area contributed by atoms with Gasteiger partial charge in [-0.2, -0.15) is 0 Å². The van der Waals surface area contributed by atoms with Crippen molar-refractivity contribution in [1.82, 2.24) is 5.32 Å². The summed E-state index contributed by atoms with van der Waals surface area (Å²) < 4.78 is 0. The van der Waals surface area contributed by atoms with Crippen LogP contribution in [0.2, 0.25) is 0 Å². The number of amides is 1. The normalized spacial score (nSPS) is 26.6. The summed E-state index contributed by atoms with van der Waals surface area (Å²) in [4.78, 5) is 22.8. The first kappa shape index (κ1) is 14.0. The van der Waals surface area contributed by atoms with E-state index >= 15 is 0 Å². The summed E-state index contributed by atoms with van der Waals surface area (Å²) in [5, 5.41) is 13.5. The summed E-state index contributed by atoms with van der Waals surface area (Å²) >= 11 is 0. The molecule has 98 valence electrons. The lowest BCUT2D eigenvalue weighted by Crippen LogP contribution is -2.52. The molecule has 1 amide bonds. The molecular formula is C13H22NO3-. The van der Waals surface area contributed by atoms with E-state index in [0.29, 0.717) is 5.92 Å². The van der Waals surface area contributed by atoms with Crippen LogP contribution < -0.4 is 10.4 Å². The lowest BCUT2D eigenvalue weighted by molar-refractivity contribution is -0.309. The number of carbonyl (C=O) groups excluding carboxylic acids is 2. The summed E-state index contributed by atoms with van der Waals surface area (Å²) in [7, 11) is 0. The van der Waals surface area contributed by atoms with Crippen LogP contribution in [0.4, 0.5) is 0 Å². The summed E-state index contributed by atoms with van der Waals surface area (Å²) in [6, 6.07) is -0.873. The van der Waals surface area contributed by atoms with E-state index in [1.165, 1.54) is 0 Å². The average Bonchev–Trinajstić information content (AvgIpc) is 2.25. The Hall–Kier alpha value is -1.06. The van der Waals surface area contributed by atoms with Gasteiger partial charge in [-0.05, 0) is 37.5 Å². The number of carboxylic acids is 1. The first-order chi connectivity index (χ1) is 7.91. The standard InChI is InChI=1S/C13H23NO3/c1-8(2)11(13(16)17)14-12(15)10-6-4-9(3)5-7-10/h8-11H,4-7H2,1-3H3,(H,14,15)(H,16,17)/p-1/t9?,10?,11-/m0/s1. The number of carbonyl (C=O) groups is 2. The number of rotatable bonds is 4. The van der Waals surface area contributed by atoms with Crippen LogP contribution in [-0.2, 0) is 9.59 Å². The van der Waals surface area contributed by atoms with Gasteiger partial charge in [0.1, 0.15) is 0 Å². The highest BCUT2D eigenvalue weighted by molar-refractivity contribution is 5.84. The number of hydrogen-bond acceptors (Lipinski definition) is 3. The van der Waals surface area contributed by atoms with E-state index in [2.05, 4.69) is 12.2 Å². The topological polar surface area (TPSA) is 69.2 Å². The van der Waals surface area contributed by atoms with E-state index < -0.39 is 12.0 Å². The van der Waals surface area contributed by atoms with Crippen molar-refractivity contribution in [3.63, 3.8) is 0 Å². The molecule has 1 aliphatic rings. The van der Waals surface area contributed by atoms with Gasteiger partial charge >= 0.3 is 0 Å². The molecule has 0 aliphatic heterocycles. The van der Waals surface area contributed by atoms with Gasteiger partial charge in [0.15, 0.2) is 0 Å². The molecule has 0 spiro atoms. The van der Waals surface area contributed by atoms with Crippen molar-refractivity contribution in [3.8, 4) is 0 Å². The maximum absolute atomic E-state index is 11.9. The zero-order valence-corrected chi connectivity index (χ0v) is 10.9. The van der Waals surface area contributed by atoms with Crippen molar-refractivity contribution in [2.75, 3.05) is 0 Å². The molecule has 1 fully saturated rings. The number of aliphatic carboxylic acids is 1. The Balaban J connectivity index is 2.50. The third-order valence-corrected chi connectivity index (χ3v) is 3.61. The predicted octanol–water partition coefficient (Wildman–Crippen LogP) is 0.703. The molecule has 0 bridgehead atoms. The van der Waals surface area contributed by atoms with Crippen LogP contribution in [0.1, 0.15) is 46.5 Å². The number of nitrogens with one attached hydrogen (secondary N) is 1. The second kappa shape index (κ2) is 6.03. The number of carboxylic acid groups (broad SMARTS) is 1. The van der Waals surface area contributed by atoms with Crippen LogP contribution in [0.5, 0.6) is 0 Å². The fraction of sp³-hybridized carbons (Fsp3) is 0.846.